The molecule has 0 spiro atoms. The summed E-state index contributed by atoms with van der Waals surface area (Å²) in [6, 6.07) is 0. The van der Waals surface area contributed by atoms with Crippen LogP contribution in [0, 0.1) is 11.3 Å². The van der Waals surface area contributed by atoms with Gasteiger partial charge in [0.2, 0.25) is 0 Å². The average Bonchev–Trinajstić information content (AvgIpc) is 2.13. The van der Waals surface area contributed by atoms with E-state index in [1.807, 2.05) is 32.8 Å². The number of nitrogens with zero attached hydrogens (tertiary/aromatic N) is 1. The van der Waals surface area contributed by atoms with E-state index in [1.165, 1.54) is 6.08 Å². The molecule has 1 rings (SSSR count). The Bertz CT molecular complexity index is 365. The normalized spacial score (nSPS) is 21.9. The van der Waals surface area contributed by atoms with Gasteiger partial charge >= 0.3 is 6.18 Å². The molecule has 5 heteroatoms. The average molecular weight is 262 g/mol. The van der Waals surface area contributed by atoms with Gasteiger partial charge in [0.25, 0.3) is 0 Å². The van der Waals surface area contributed by atoms with E-state index in [9.17, 15) is 13.2 Å². The van der Waals surface area contributed by atoms with Crippen LogP contribution in [-0.2, 0) is 0 Å². The summed E-state index contributed by atoms with van der Waals surface area (Å²) >= 11 is 0. The van der Waals surface area contributed by atoms with Crippen molar-refractivity contribution in [1.29, 1.82) is 0 Å². The quantitative estimate of drug-likeness (QED) is 0.847. The predicted molar refractivity (Wildman–Crippen MR) is 66.9 cm³/mol. The Balaban J connectivity index is 2.91. The van der Waals surface area contributed by atoms with Crippen molar-refractivity contribution in [1.82, 2.24) is 4.90 Å². The molecule has 1 aliphatic carbocycles. The van der Waals surface area contributed by atoms with Crippen molar-refractivity contribution in [3.63, 3.8) is 0 Å². The predicted octanol–water partition coefficient (Wildman–Crippen LogP) is 2.93. The molecule has 1 aliphatic rings. The highest BCUT2D eigenvalue weighted by atomic mass is 19.4. The third-order valence-corrected chi connectivity index (χ3v) is 3.14. The van der Waals surface area contributed by atoms with E-state index in [0.717, 1.165) is 12.1 Å². The molecular weight excluding hydrogens is 241 g/mol. The largest absolute Gasteiger partial charge is 0.402 e. The second kappa shape index (κ2) is 4.96. The first-order chi connectivity index (χ1) is 8.04. The van der Waals surface area contributed by atoms with Crippen molar-refractivity contribution >= 4 is 0 Å². The summed E-state index contributed by atoms with van der Waals surface area (Å²) in [4.78, 5) is 2.00. The molecular formula is C13H21F3N2. The van der Waals surface area contributed by atoms with Crippen molar-refractivity contribution < 1.29 is 13.2 Å². The Labute approximate surface area is 106 Å². The fourth-order valence-corrected chi connectivity index (χ4v) is 2.50. The maximum Gasteiger partial charge on any atom is 0.395 e. The molecule has 0 aromatic rings. The standard InChI is InChI=1S/C13H21F3N2/c1-12(2,8-18(3)4)10-6-5-9(7-11(10)17)13(14,15)16/h5-6,9H,7-8,17H2,1-4H3. The smallest absolute Gasteiger partial charge is 0.395 e. The van der Waals surface area contributed by atoms with E-state index in [2.05, 4.69) is 0 Å². The Morgan fingerprint density at radius 1 is 1.33 bits per heavy atom. The van der Waals surface area contributed by atoms with E-state index < -0.39 is 12.1 Å². The number of hydrogen-bond donors (Lipinski definition) is 1. The van der Waals surface area contributed by atoms with Crippen molar-refractivity contribution in [3.05, 3.63) is 23.4 Å². The minimum atomic E-state index is -4.21. The molecule has 0 radical (unpaired) electrons. The molecule has 0 bridgehead atoms. The van der Waals surface area contributed by atoms with Crippen molar-refractivity contribution in [2.45, 2.75) is 26.4 Å². The molecule has 0 aromatic carbocycles. The first-order valence-corrected chi connectivity index (χ1v) is 5.93. The van der Waals surface area contributed by atoms with E-state index in [-0.39, 0.29) is 11.8 Å². The third-order valence-electron chi connectivity index (χ3n) is 3.14. The molecule has 0 fully saturated rings. The van der Waals surface area contributed by atoms with Gasteiger partial charge in [-0.05, 0) is 19.7 Å². The van der Waals surface area contributed by atoms with Crippen LogP contribution < -0.4 is 5.73 Å². The van der Waals surface area contributed by atoms with Crippen molar-refractivity contribution in [2.24, 2.45) is 17.1 Å². The third kappa shape index (κ3) is 3.51. The second-order valence-electron chi connectivity index (χ2n) is 5.77. The monoisotopic (exact) mass is 262 g/mol. The molecule has 1 unspecified atom stereocenters. The highest BCUT2D eigenvalue weighted by Crippen LogP contribution is 2.39. The van der Waals surface area contributed by atoms with Gasteiger partial charge in [-0.15, -0.1) is 0 Å². The van der Waals surface area contributed by atoms with Gasteiger partial charge in [0, 0.05) is 24.1 Å². The van der Waals surface area contributed by atoms with Gasteiger partial charge in [-0.25, -0.2) is 0 Å². The number of halogens is 3. The van der Waals surface area contributed by atoms with Gasteiger partial charge in [0.05, 0.1) is 5.92 Å². The molecule has 0 heterocycles. The maximum absolute atomic E-state index is 12.6. The molecule has 0 saturated carbocycles. The molecule has 2 nitrogen and oxygen atoms in total. The van der Waals surface area contributed by atoms with Gasteiger partial charge < -0.3 is 10.6 Å². The van der Waals surface area contributed by atoms with Gasteiger partial charge in [-0.2, -0.15) is 13.2 Å². The number of rotatable bonds is 3. The van der Waals surface area contributed by atoms with Crippen LogP contribution in [-0.4, -0.2) is 31.7 Å². The Kier molecular flexibility index (Phi) is 4.15. The Morgan fingerprint density at radius 3 is 2.28 bits per heavy atom. The molecule has 0 amide bonds. The minimum absolute atomic E-state index is 0.133. The van der Waals surface area contributed by atoms with Crippen molar-refractivity contribution in [2.75, 3.05) is 20.6 Å². The lowest BCUT2D eigenvalue weighted by atomic mass is 9.78. The first-order valence-electron chi connectivity index (χ1n) is 5.93. The maximum atomic E-state index is 12.6. The van der Waals surface area contributed by atoms with Crippen LogP contribution in [0.3, 0.4) is 0 Å². The zero-order chi connectivity index (χ0) is 14.1. The van der Waals surface area contributed by atoms with Gasteiger partial charge in [-0.3, -0.25) is 0 Å². The molecule has 0 saturated heterocycles. The highest BCUT2D eigenvalue weighted by Gasteiger charge is 2.40. The molecule has 2 N–H and O–H groups in total. The van der Waals surface area contributed by atoms with Gasteiger partial charge in [0.15, 0.2) is 0 Å². The summed E-state index contributed by atoms with van der Waals surface area (Å²) in [5.41, 5.74) is 6.76. The molecule has 1 atom stereocenters. The summed E-state index contributed by atoms with van der Waals surface area (Å²) in [6.45, 7) is 4.73. The van der Waals surface area contributed by atoms with E-state index in [0.29, 0.717) is 5.70 Å². The van der Waals surface area contributed by atoms with Crippen LogP contribution in [0.15, 0.2) is 23.4 Å². The van der Waals surface area contributed by atoms with Crippen LogP contribution in [0.25, 0.3) is 0 Å². The Morgan fingerprint density at radius 2 is 1.89 bits per heavy atom. The Hall–Kier alpha value is -0.970. The highest BCUT2D eigenvalue weighted by molar-refractivity contribution is 5.34. The minimum Gasteiger partial charge on any atom is -0.402 e. The summed E-state index contributed by atoms with van der Waals surface area (Å²) < 4.78 is 37.8. The SMILES string of the molecule is CN(C)CC(C)(C)C1=C(N)CC(C(F)(F)F)C=C1. The lowest BCUT2D eigenvalue weighted by molar-refractivity contribution is -0.161. The molecule has 0 aromatic heterocycles. The van der Waals surface area contributed by atoms with Crippen LogP contribution in [0.5, 0.6) is 0 Å². The molecule has 104 valence electrons. The zero-order valence-corrected chi connectivity index (χ0v) is 11.3. The zero-order valence-electron chi connectivity index (χ0n) is 11.3. The van der Waals surface area contributed by atoms with Gasteiger partial charge in [-0.1, -0.05) is 26.0 Å². The summed E-state index contributed by atoms with van der Waals surface area (Å²) in [7, 11) is 3.87. The van der Waals surface area contributed by atoms with E-state index in [4.69, 9.17) is 5.73 Å². The van der Waals surface area contributed by atoms with Crippen LogP contribution >= 0.6 is 0 Å². The summed E-state index contributed by atoms with van der Waals surface area (Å²) in [5, 5.41) is 0. The fourth-order valence-electron chi connectivity index (χ4n) is 2.50. The van der Waals surface area contributed by atoms with E-state index >= 15 is 0 Å². The van der Waals surface area contributed by atoms with E-state index in [1.54, 1.807) is 6.08 Å². The van der Waals surface area contributed by atoms with Crippen LogP contribution in [0.2, 0.25) is 0 Å². The summed E-state index contributed by atoms with van der Waals surface area (Å²) in [6.07, 6.45) is -1.58. The number of hydrogen-bond acceptors (Lipinski definition) is 2. The number of nitrogens with two attached hydrogens (primary N) is 1. The summed E-state index contributed by atoms with van der Waals surface area (Å²) in [5.74, 6) is -1.45. The number of allylic oxidation sites excluding steroid dienone is 3. The topological polar surface area (TPSA) is 29.3 Å². The lowest BCUT2D eigenvalue weighted by Gasteiger charge is -2.34. The second-order valence-corrected chi connectivity index (χ2v) is 5.77. The van der Waals surface area contributed by atoms with Crippen LogP contribution in [0.4, 0.5) is 13.2 Å². The first kappa shape index (κ1) is 15.1. The van der Waals surface area contributed by atoms with Gasteiger partial charge in [0.1, 0.15) is 0 Å². The van der Waals surface area contributed by atoms with Crippen molar-refractivity contribution in [3.8, 4) is 0 Å². The lowest BCUT2D eigenvalue weighted by Crippen LogP contribution is -2.34. The number of alkyl halides is 3. The van der Waals surface area contributed by atoms with Crippen LogP contribution in [0.1, 0.15) is 20.3 Å². The molecule has 18 heavy (non-hydrogen) atoms. The molecule has 0 aliphatic heterocycles. The fraction of sp³-hybridized carbons (Fsp3) is 0.692.